The van der Waals surface area contributed by atoms with Crippen LogP contribution in [0, 0.1) is 0 Å². The molecule has 0 spiro atoms. The Hall–Kier alpha value is -2.41. The summed E-state index contributed by atoms with van der Waals surface area (Å²) in [4.78, 5) is 34.7. The normalized spacial score (nSPS) is 15.2. The first-order valence-electron chi connectivity index (χ1n) is 8.79. The second kappa shape index (κ2) is 11.3. The Morgan fingerprint density at radius 1 is 1.27 bits per heavy atom. The van der Waals surface area contributed by atoms with Gasteiger partial charge in [0.05, 0.1) is 7.11 Å². The van der Waals surface area contributed by atoms with E-state index < -0.39 is 11.5 Å². The molecule has 144 valence electrons. The number of methoxy groups -OCH3 is 1. The molecule has 2 rings (SSSR count). The Kier molecular flexibility index (Phi) is 9.36. The Bertz CT molecular complexity index is 571. The number of aldehydes is 1. The molecular weight excluding hydrogens is 336 g/mol. The van der Waals surface area contributed by atoms with Gasteiger partial charge < -0.3 is 24.9 Å². The number of piperidine rings is 1. The zero-order valence-corrected chi connectivity index (χ0v) is 15.4. The number of rotatable bonds is 7. The molecule has 7 heteroatoms. The first kappa shape index (κ1) is 21.6. The van der Waals surface area contributed by atoms with Gasteiger partial charge in [0.2, 0.25) is 0 Å². The molecule has 0 saturated carbocycles. The van der Waals surface area contributed by atoms with E-state index in [1.807, 2.05) is 35.2 Å². The summed E-state index contributed by atoms with van der Waals surface area (Å²) in [5.41, 5.74) is 0.260. The number of aliphatic carboxylic acids is 1. The van der Waals surface area contributed by atoms with Gasteiger partial charge in [-0.3, -0.25) is 4.79 Å². The third-order valence-corrected chi connectivity index (χ3v) is 4.35. The van der Waals surface area contributed by atoms with Gasteiger partial charge >= 0.3 is 11.9 Å². The van der Waals surface area contributed by atoms with E-state index in [1.165, 1.54) is 7.11 Å². The van der Waals surface area contributed by atoms with Gasteiger partial charge in [0, 0.05) is 25.1 Å². The van der Waals surface area contributed by atoms with Crippen LogP contribution in [0.4, 0.5) is 5.69 Å². The molecule has 0 unspecified atom stereocenters. The number of carbonyl (C=O) groups is 3. The molecular formula is C19H28N2O5. The number of carbonyl (C=O) groups excluding carboxylic acids is 2. The van der Waals surface area contributed by atoms with E-state index in [0.717, 1.165) is 25.1 Å². The molecule has 0 aliphatic carbocycles. The molecule has 0 atom stereocenters. The lowest BCUT2D eigenvalue weighted by molar-refractivity contribution is -0.148. The fraction of sp³-hybridized carbons (Fsp3) is 0.526. The van der Waals surface area contributed by atoms with Crippen LogP contribution in [0.15, 0.2) is 30.3 Å². The topological polar surface area (TPSA) is 95.9 Å². The summed E-state index contributed by atoms with van der Waals surface area (Å²) < 4.78 is 5.08. The van der Waals surface area contributed by atoms with Crippen molar-refractivity contribution in [3.63, 3.8) is 0 Å². The maximum atomic E-state index is 12.5. The summed E-state index contributed by atoms with van der Waals surface area (Å²) in [6.07, 6.45) is 2.85. The monoisotopic (exact) mass is 364 g/mol. The van der Waals surface area contributed by atoms with E-state index in [-0.39, 0.29) is 12.4 Å². The molecule has 1 saturated heterocycles. The van der Waals surface area contributed by atoms with Crippen molar-refractivity contribution in [2.45, 2.75) is 38.1 Å². The summed E-state index contributed by atoms with van der Waals surface area (Å²) in [6.45, 7) is 3.64. The van der Waals surface area contributed by atoms with Crippen LogP contribution in [-0.2, 0) is 19.1 Å². The standard InChI is InChI=1S/C16H22N2O3.C3H6O2/c1-21-15(20)16(8-10-17-11-9-16)18(12-5-13-19)14-6-3-2-4-7-14;1-2-3(4)5/h2-4,6-7,13,17H,5,8-12H2,1H3;2H2,1H3,(H,4,5). The highest BCUT2D eigenvalue weighted by molar-refractivity contribution is 5.85. The number of para-hydroxylation sites is 1. The van der Waals surface area contributed by atoms with Crippen LogP contribution in [0.2, 0.25) is 0 Å². The third-order valence-electron chi connectivity index (χ3n) is 4.35. The Morgan fingerprint density at radius 3 is 2.31 bits per heavy atom. The molecule has 1 aromatic carbocycles. The Balaban J connectivity index is 0.000000597. The lowest BCUT2D eigenvalue weighted by atomic mass is 9.85. The number of nitrogens with one attached hydrogen (secondary N) is 1. The average Bonchev–Trinajstić information content (AvgIpc) is 2.69. The van der Waals surface area contributed by atoms with E-state index in [2.05, 4.69) is 5.32 Å². The fourth-order valence-corrected chi connectivity index (χ4v) is 2.99. The van der Waals surface area contributed by atoms with Crippen LogP contribution >= 0.6 is 0 Å². The lowest BCUT2D eigenvalue weighted by Gasteiger charge is -2.45. The van der Waals surface area contributed by atoms with Gasteiger partial charge in [-0.1, -0.05) is 25.1 Å². The number of benzene rings is 1. The van der Waals surface area contributed by atoms with E-state index >= 15 is 0 Å². The predicted molar refractivity (Wildman–Crippen MR) is 99.2 cm³/mol. The maximum Gasteiger partial charge on any atom is 0.331 e. The van der Waals surface area contributed by atoms with Crippen molar-refractivity contribution in [2.75, 3.05) is 31.6 Å². The van der Waals surface area contributed by atoms with Crippen molar-refractivity contribution in [1.29, 1.82) is 0 Å². The second-order valence-electron chi connectivity index (χ2n) is 5.96. The summed E-state index contributed by atoms with van der Waals surface area (Å²) >= 11 is 0. The zero-order chi connectivity index (χ0) is 19.4. The highest BCUT2D eigenvalue weighted by atomic mass is 16.5. The van der Waals surface area contributed by atoms with Crippen molar-refractivity contribution in [2.24, 2.45) is 0 Å². The first-order valence-corrected chi connectivity index (χ1v) is 8.79. The molecule has 26 heavy (non-hydrogen) atoms. The molecule has 0 bridgehead atoms. The van der Waals surface area contributed by atoms with Crippen molar-refractivity contribution >= 4 is 23.9 Å². The number of ether oxygens (including phenoxy) is 1. The molecule has 1 aromatic rings. The average molecular weight is 364 g/mol. The summed E-state index contributed by atoms with van der Waals surface area (Å²) in [5, 5.41) is 11.0. The molecule has 1 fully saturated rings. The fourth-order valence-electron chi connectivity index (χ4n) is 2.99. The van der Waals surface area contributed by atoms with Crippen LogP contribution < -0.4 is 10.2 Å². The molecule has 2 N–H and O–H groups in total. The molecule has 7 nitrogen and oxygen atoms in total. The van der Waals surface area contributed by atoms with Gasteiger partial charge in [-0.05, 0) is 38.1 Å². The Labute approximate surface area is 154 Å². The molecule has 0 amide bonds. The number of carboxylic acid groups (broad SMARTS) is 1. The third kappa shape index (κ3) is 5.84. The first-order chi connectivity index (χ1) is 12.5. The smallest absolute Gasteiger partial charge is 0.331 e. The predicted octanol–water partition coefficient (Wildman–Crippen LogP) is 1.86. The molecule has 0 aromatic heterocycles. The number of hydrogen-bond donors (Lipinski definition) is 2. The molecule has 1 heterocycles. The zero-order valence-electron chi connectivity index (χ0n) is 15.4. The van der Waals surface area contributed by atoms with Gasteiger partial charge in [-0.15, -0.1) is 0 Å². The summed E-state index contributed by atoms with van der Waals surface area (Å²) in [5.74, 6) is -0.969. The van der Waals surface area contributed by atoms with Crippen molar-refractivity contribution in [3.05, 3.63) is 30.3 Å². The summed E-state index contributed by atoms with van der Waals surface area (Å²) in [6, 6.07) is 9.76. The maximum absolute atomic E-state index is 12.5. The van der Waals surface area contributed by atoms with E-state index in [4.69, 9.17) is 9.84 Å². The van der Waals surface area contributed by atoms with Gasteiger partial charge in [0.15, 0.2) is 0 Å². The number of esters is 1. The van der Waals surface area contributed by atoms with Crippen LogP contribution in [0.1, 0.15) is 32.6 Å². The van der Waals surface area contributed by atoms with Gasteiger partial charge in [0.1, 0.15) is 11.8 Å². The highest BCUT2D eigenvalue weighted by Gasteiger charge is 2.45. The molecule has 0 radical (unpaired) electrons. The van der Waals surface area contributed by atoms with Crippen LogP contribution in [-0.4, -0.2) is 55.6 Å². The van der Waals surface area contributed by atoms with E-state index in [9.17, 15) is 14.4 Å². The minimum Gasteiger partial charge on any atom is -0.481 e. The summed E-state index contributed by atoms with van der Waals surface area (Å²) in [7, 11) is 1.43. The Morgan fingerprint density at radius 2 is 1.85 bits per heavy atom. The minimum absolute atomic E-state index is 0.222. The van der Waals surface area contributed by atoms with E-state index in [0.29, 0.717) is 25.8 Å². The lowest BCUT2D eigenvalue weighted by Crippen LogP contribution is -2.60. The highest BCUT2D eigenvalue weighted by Crippen LogP contribution is 2.32. The second-order valence-corrected chi connectivity index (χ2v) is 5.96. The van der Waals surface area contributed by atoms with Gasteiger partial charge in [-0.25, -0.2) is 4.79 Å². The van der Waals surface area contributed by atoms with Crippen LogP contribution in [0.5, 0.6) is 0 Å². The van der Waals surface area contributed by atoms with Gasteiger partial charge in [-0.2, -0.15) is 0 Å². The SMILES string of the molecule is CCC(=O)O.COC(=O)C1(N(CCC=O)c2ccccc2)CCNCC1. The largest absolute Gasteiger partial charge is 0.481 e. The van der Waals surface area contributed by atoms with Crippen molar-refractivity contribution in [3.8, 4) is 0 Å². The number of anilines is 1. The van der Waals surface area contributed by atoms with E-state index in [1.54, 1.807) is 6.92 Å². The quantitative estimate of drug-likeness (QED) is 0.563. The minimum atomic E-state index is -0.745. The van der Waals surface area contributed by atoms with Crippen molar-refractivity contribution in [1.82, 2.24) is 5.32 Å². The number of hydrogen-bond acceptors (Lipinski definition) is 6. The molecule has 1 aliphatic heterocycles. The van der Waals surface area contributed by atoms with Crippen molar-refractivity contribution < 1.29 is 24.2 Å². The van der Waals surface area contributed by atoms with Crippen LogP contribution in [0.3, 0.4) is 0 Å². The molecule has 1 aliphatic rings. The number of carboxylic acids is 1. The van der Waals surface area contributed by atoms with Gasteiger partial charge in [0.25, 0.3) is 0 Å². The number of nitrogens with zero attached hydrogens (tertiary/aromatic N) is 1. The van der Waals surface area contributed by atoms with Crippen LogP contribution in [0.25, 0.3) is 0 Å².